The van der Waals surface area contributed by atoms with E-state index < -0.39 is 5.97 Å². The molecule has 4 nitrogen and oxygen atoms in total. The summed E-state index contributed by atoms with van der Waals surface area (Å²) in [5.41, 5.74) is 3.83. The maximum Gasteiger partial charge on any atom is 0.333 e. The molecule has 0 N–H and O–H groups in total. The van der Waals surface area contributed by atoms with E-state index in [1.165, 1.54) is 5.57 Å². The first-order valence-corrected chi connectivity index (χ1v) is 8.27. The summed E-state index contributed by atoms with van der Waals surface area (Å²) in [5.74, 6) is 0.989. The molecule has 2 rings (SSSR count). The SMILES string of the molecule is C=C(C)C(=O)OCCOc1ccc(N=C2C=C(C)C(C)CC2)cc1. The molecular weight excluding hydrogens is 302 g/mol. The number of ether oxygens (including phenoxy) is 2. The zero-order valence-corrected chi connectivity index (χ0v) is 14.7. The number of carbonyl (C=O) groups excluding carboxylic acids is 1. The van der Waals surface area contributed by atoms with Crippen LogP contribution >= 0.6 is 0 Å². The lowest BCUT2D eigenvalue weighted by Crippen LogP contribution is -2.12. The van der Waals surface area contributed by atoms with Crippen LogP contribution in [0.4, 0.5) is 5.69 Å². The zero-order chi connectivity index (χ0) is 17.5. The smallest absolute Gasteiger partial charge is 0.333 e. The van der Waals surface area contributed by atoms with Gasteiger partial charge in [0, 0.05) is 11.3 Å². The number of hydrogen-bond acceptors (Lipinski definition) is 4. The van der Waals surface area contributed by atoms with E-state index in [2.05, 4.69) is 31.5 Å². The van der Waals surface area contributed by atoms with Crippen LogP contribution in [0.3, 0.4) is 0 Å². The molecule has 0 saturated heterocycles. The van der Waals surface area contributed by atoms with Crippen molar-refractivity contribution in [2.75, 3.05) is 13.2 Å². The molecule has 1 aliphatic carbocycles. The van der Waals surface area contributed by atoms with Gasteiger partial charge in [-0.2, -0.15) is 0 Å². The number of rotatable bonds is 6. The largest absolute Gasteiger partial charge is 0.490 e. The van der Waals surface area contributed by atoms with Gasteiger partial charge in [0.15, 0.2) is 0 Å². The number of esters is 1. The van der Waals surface area contributed by atoms with Crippen molar-refractivity contribution < 1.29 is 14.3 Å². The number of carbonyl (C=O) groups is 1. The van der Waals surface area contributed by atoms with Gasteiger partial charge in [-0.25, -0.2) is 4.79 Å². The molecule has 1 aromatic rings. The van der Waals surface area contributed by atoms with E-state index >= 15 is 0 Å². The number of hydrogen-bond donors (Lipinski definition) is 0. The third kappa shape index (κ3) is 5.37. The van der Waals surface area contributed by atoms with Crippen molar-refractivity contribution in [3.05, 3.63) is 48.1 Å². The zero-order valence-electron chi connectivity index (χ0n) is 14.7. The highest BCUT2D eigenvalue weighted by Gasteiger charge is 2.12. The van der Waals surface area contributed by atoms with Crippen LogP contribution in [-0.4, -0.2) is 24.9 Å². The molecule has 0 radical (unpaired) electrons. The molecule has 0 amide bonds. The molecule has 1 atom stereocenters. The Kier molecular flexibility index (Phi) is 6.36. The van der Waals surface area contributed by atoms with Crippen LogP contribution in [0.5, 0.6) is 5.75 Å². The van der Waals surface area contributed by atoms with E-state index in [9.17, 15) is 4.79 Å². The Bertz CT molecular complexity index is 656. The van der Waals surface area contributed by atoms with Crippen molar-refractivity contribution in [3.63, 3.8) is 0 Å². The predicted octanol–water partition coefficient (Wildman–Crippen LogP) is 4.63. The average molecular weight is 327 g/mol. The van der Waals surface area contributed by atoms with Gasteiger partial charge in [-0.15, -0.1) is 0 Å². The van der Waals surface area contributed by atoms with Crippen LogP contribution in [-0.2, 0) is 9.53 Å². The first-order chi connectivity index (χ1) is 11.5. The lowest BCUT2D eigenvalue weighted by Gasteiger charge is -2.18. The highest BCUT2D eigenvalue weighted by Crippen LogP contribution is 2.25. The quantitative estimate of drug-likeness (QED) is 0.435. The second-order valence-corrected chi connectivity index (χ2v) is 6.19. The number of allylic oxidation sites excluding steroid dienone is 2. The molecule has 24 heavy (non-hydrogen) atoms. The summed E-state index contributed by atoms with van der Waals surface area (Å²) in [5, 5.41) is 0. The van der Waals surface area contributed by atoms with E-state index in [1.807, 2.05) is 24.3 Å². The van der Waals surface area contributed by atoms with Gasteiger partial charge in [-0.05, 0) is 62.9 Å². The van der Waals surface area contributed by atoms with Crippen molar-refractivity contribution in [3.8, 4) is 5.75 Å². The Morgan fingerprint density at radius 3 is 2.62 bits per heavy atom. The van der Waals surface area contributed by atoms with Gasteiger partial charge in [0.2, 0.25) is 0 Å². The van der Waals surface area contributed by atoms with E-state index in [4.69, 9.17) is 9.47 Å². The summed E-state index contributed by atoms with van der Waals surface area (Å²) in [6.07, 6.45) is 4.37. The van der Waals surface area contributed by atoms with Gasteiger partial charge in [-0.1, -0.05) is 19.1 Å². The molecule has 0 heterocycles. The van der Waals surface area contributed by atoms with E-state index in [1.54, 1.807) is 6.92 Å². The van der Waals surface area contributed by atoms with Crippen LogP contribution in [0, 0.1) is 5.92 Å². The van der Waals surface area contributed by atoms with E-state index in [-0.39, 0.29) is 6.61 Å². The van der Waals surface area contributed by atoms with Crippen LogP contribution in [0.15, 0.2) is 53.1 Å². The third-order valence-electron chi connectivity index (χ3n) is 4.05. The lowest BCUT2D eigenvalue weighted by molar-refractivity contribution is -0.139. The molecule has 1 unspecified atom stereocenters. The fourth-order valence-corrected chi connectivity index (χ4v) is 2.36. The van der Waals surface area contributed by atoms with Crippen molar-refractivity contribution >= 4 is 17.4 Å². The minimum atomic E-state index is -0.394. The van der Waals surface area contributed by atoms with E-state index in [0.717, 1.165) is 30.0 Å². The molecule has 4 heteroatoms. The topological polar surface area (TPSA) is 47.9 Å². The summed E-state index contributed by atoms with van der Waals surface area (Å²) in [6.45, 7) is 10.1. The minimum Gasteiger partial charge on any atom is -0.490 e. The highest BCUT2D eigenvalue weighted by atomic mass is 16.6. The molecule has 1 aliphatic rings. The fraction of sp³-hybridized carbons (Fsp3) is 0.400. The molecule has 0 saturated carbocycles. The number of aliphatic imine (C=N–C) groups is 1. The molecule has 0 fully saturated rings. The Morgan fingerprint density at radius 1 is 1.29 bits per heavy atom. The third-order valence-corrected chi connectivity index (χ3v) is 4.05. The Labute approximate surface area is 143 Å². The first kappa shape index (κ1) is 18.0. The number of nitrogens with zero attached hydrogens (tertiary/aromatic N) is 1. The van der Waals surface area contributed by atoms with Crippen molar-refractivity contribution in [1.82, 2.24) is 0 Å². The molecule has 0 bridgehead atoms. The summed E-state index contributed by atoms with van der Waals surface area (Å²) in [7, 11) is 0. The lowest BCUT2D eigenvalue weighted by atomic mass is 9.89. The molecule has 0 aromatic heterocycles. The van der Waals surface area contributed by atoms with Crippen molar-refractivity contribution in [1.29, 1.82) is 0 Å². The predicted molar refractivity (Wildman–Crippen MR) is 97.0 cm³/mol. The second-order valence-electron chi connectivity index (χ2n) is 6.19. The highest BCUT2D eigenvalue weighted by molar-refractivity contribution is 5.98. The van der Waals surface area contributed by atoms with Crippen molar-refractivity contribution in [2.45, 2.75) is 33.6 Å². The molecule has 128 valence electrons. The Balaban J connectivity index is 1.85. The molecule has 0 aliphatic heterocycles. The summed E-state index contributed by atoms with van der Waals surface area (Å²) >= 11 is 0. The fourth-order valence-electron chi connectivity index (χ4n) is 2.36. The van der Waals surface area contributed by atoms with Crippen molar-refractivity contribution in [2.24, 2.45) is 10.9 Å². The van der Waals surface area contributed by atoms with Gasteiger partial charge < -0.3 is 9.47 Å². The summed E-state index contributed by atoms with van der Waals surface area (Å²) in [4.78, 5) is 15.9. The molecule has 0 spiro atoms. The summed E-state index contributed by atoms with van der Waals surface area (Å²) in [6, 6.07) is 7.62. The standard InChI is InChI=1S/C20H25NO3/c1-14(2)20(22)24-12-11-23-19-9-7-17(8-10-19)21-18-6-5-15(3)16(4)13-18/h7-10,13,15H,1,5-6,11-12H2,2-4H3. The van der Waals surface area contributed by atoms with Gasteiger partial charge in [0.05, 0.1) is 5.69 Å². The first-order valence-electron chi connectivity index (χ1n) is 8.27. The van der Waals surface area contributed by atoms with Gasteiger partial charge in [0.25, 0.3) is 0 Å². The molecule has 1 aromatic carbocycles. The Hall–Kier alpha value is -2.36. The monoisotopic (exact) mass is 327 g/mol. The average Bonchev–Trinajstić information content (AvgIpc) is 2.56. The van der Waals surface area contributed by atoms with Crippen LogP contribution in [0.25, 0.3) is 0 Å². The van der Waals surface area contributed by atoms with Crippen LogP contribution in [0.2, 0.25) is 0 Å². The van der Waals surface area contributed by atoms with E-state index in [0.29, 0.717) is 18.1 Å². The van der Waals surface area contributed by atoms with Crippen LogP contribution in [0.1, 0.15) is 33.6 Å². The minimum absolute atomic E-state index is 0.206. The van der Waals surface area contributed by atoms with Gasteiger partial charge in [-0.3, -0.25) is 4.99 Å². The molecular formula is C20H25NO3. The van der Waals surface area contributed by atoms with Crippen LogP contribution < -0.4 is 4.74 Å². The normalized spacial score (nSPS) is 18.9. The maximum atomic E-state index is 11.2. The number of benzene rings is 1. The summed E-state index contributed by atoms with van der Waals surface area (Å²) < 4.78 is 10.5. The van der Waals surface area contributed by atoms with Gasteiger partial charge >= 0.3 is 5.97 Å². The second kappa shape index (κ2) is 8.48. The van der Waals surface area contributed by atoms with Gasteiger partial charge in [0.1, 0.15) is 19.0 Å². The maximum absolute atomic E-state index is 11.2. The Morgan fingerprint density at radius 2 is 2.00 bits per heavy atom.